The minimum atomic E-state index is -0.885. The Morgan fingerprint density at radius 1 is 1.44 bits per heavy atom. The maximum atomic E-state index is 12.2. The highest BCUT2D eigenvalue weighted by atomic mass is 16.5. The van der Waals surface area contributed by atoms with Gasteiger partial charge in [0.2, 0.25) is 5.91 Å². The standard InChI is InChI=1S/C13H22N2O3/c1-6-15(8-13(4,5)17)12(16)7-11-9(2)14-18-10(11)3/h17H,6-8H2,1-5H3. The summed E-state index contributed by atoms with van der Waals surface area (Å²) in [4.78, 5) is 13.8. The summed E-state index contributed by atoms with van der Waals surface area (Å²) >= 11 is 0. The van der Waals surface area contributed by atoms with E-state index in [0.29, 0.717) is 18.8 Å². The van der Waals surface area contributed by atoms with Crippen LogP contribution in [0.5, 0.6) is 0 Å². The SMILES string of the molecule is CCN(CC(C)(C)O)C(=O)Cc1c(C)noc1C. The molecular weight excluding hydrogens is 232 g/mol. The van der Waals surface area contributed by atoms with E-state index in [1.165, 1.54) is 0 Å². The molecule has 1 amide bonds. The Morgan fingerprint density at radius 3 is 2.44 bits per heavy atom. The van der Waals surface area contributed by atoms with Crippen molar-refractivity contribution in [1.82, 2.24) is 10.1 Å². The zero-order valence-electron chi connectivity index (χ0n) is 11.8. The van der Waals surface area contributed by atoms with Crippen LogP contribution in [0, 0.1) is 13.8 Å². The highest BCUT2D eigenvalue weighted by molar-refractivity contribution is 5.79. The summed E-state index contributed by atoms with van der Waals surface area (Å²) in [6.45, 7) is 9.81. The van der Waals surface area contributed by atoms with Crippen LogP contribution < -0.4 is 0 Å². The van der Waals surface area contributed by atoms with E-state index in [2.05, 4.69) is 5.16 Å². The van der Waals surface area contributed by atoms with Crippen molar-refractivity contribution in [2.45, 2.75) is 46.6 Å². The molecule has 0 bridgehead atoms. The second kappa shape index (κ2) is 5.52. The van der Waals surface area contributed by atoms with Gasteiger partial charge in [0.05, 0.1) is 17.7 Å². The molecule has 0 fully saturated rings. The van der Waals surface area contributed by atoms with E-state index < -0.39 is 5.60 Å². The maximum absolute atomic E-state index is 12.2. The number of likely N-dealkylation sites (N-methyl/N-ethyl adjacent to an activating group) is 1. The lowest BCUT2D eigenvalue weighted by Crippen LogP contribution is -2.42. The summed E-state index contributed by atoms with van der Waals surface area (Å²) in [5, 5.41) is 13.6. The fourth-order valence-electron chi connectivity index (χ4n) is 1.86. The van der Waals surface area contributed by atoms with Gasteiger partial charge in [-0.15, -0.1) is 0 Å². The summed E-state index contributed by atoms with van der Waals surface area (Å²) in [6, 6.07) is 0. The molecule has 1 aromatic heterocycles. The zero-order chi connectivity index (χ0) is 13.9. The molecule has 0 atom stereocenters. The number of hydrogen-bond donors (Lipinski definition) is 1. The summed E-state index contributed by atoms with van der Waals surface area (Å²) in [7, 11) is 0. The lowest BCUT2D eigenvalue weighted by Gasteiger charge is -2.28. The van der Waals surface area contributed by atoms with Crippen molar-refractivity contribution in [3.05, 3.63) is 17.0 Å². The van der Waals surface area contributed by atoms with Crippen LogP contribution in [-0.2, 0) is 11.2 Å². The number of rotatable bonds is 5. The summed E-state index contributed by atoms with van der Waals surface area (Å²) in [5.74, 6) is 0.661. The molecule has 0 aromatic carbocycles. The van der Waals surface area contributed by atoms with Gasteiger partial charge < -0.3 is 14.5 Å². The van der Waals surface area contributed by atoms with Crippen LogP contribution in [-0.4, -0.2) is 39.8 Å². The van der Waals surface area contributed by atoms with Crippen LogP contribution in [0.15, 0.2) is 4.52 Å². The molecule has 0 saturated heterocycles. The van der Waals surface area contributed by atoms with Gasteiger partial charge in [-0.05, 0) is 34.6 Å². The molecule has 18 heavy (non-hydrogen) atoms. The van der Waals surface area contributed by atoms with E-state index in [1.807, 2.05) is 13.8 Å². The number of carbonyl (C=O) groups is 1. The number of hydrogen-bond acceptors (Lipinski definition) is 4. The third-order valence-corrected chi connectivity index (χ3v) is 2.82. The van der Waals surface area contributed by atoms with Gasteiger partial charge in [-0.2, -0.15) is 0 Å². The highest BCUT2D eigenvalue weighted by Crippen LogP contribution is 2.15. The van der Waals surface area contributed by atoms with E-state index >= 15 is 0 Å². The Hall–Kier alpha value is -1.36. The maximum Gasteiger partial charge on any atom is 0.227 e. The van der Waals surface area contributed by atoms with Crippen LogP contribution in [0.3, 0.4) is 0 Å². The molecule has 1 N–H and O–H groups in total. The van der Waals surface area contributed by atoms with Crippen LogP contribution in [0.2, 0.25) is 0 Å². The molecule has 0 aliphatic rings. The highest BCUT2D eigenvalue weighted by Gasteiger charge is 2.23. The van der Waals surface area contributed by atoms with Gasteiger partial charge in [0, 0.05) is 18.7 Å². The molecule has 1 aromatic rings. The first-order valence-electron chi connectivity index (χ1n) is 6.16. The summed E-state index contributed by atoms with van der Waals surface area (Å²) in [6.07, 6.45) is 0.269. The molecule has 0 unspecified atom stereocenters. The number of amides is 1. The van der Waals surface area contributed by atoms with Gasteiger partial charge >= 0.3 is 0 Å². The predicted molar refractivity (Wildman–Crippen MR) is 68.2 cm³/mol. The van der Waals surface area contributed by atoms with Crippen molar-refractivity contribution >= 4 is 5.91 Å². The molecule has 102 valence electrons. The fourth-order valence-corrected chi connectivity index (χ4v) is 1.86. The number of nitrogens with zero attached hydrogens (tertiary/aromatic N) is 2. The molecule has 1 rings (SSSR count). The van der Waals surface area contributed by atoms with Crippen molar-refractivity contribution in [1.29, 1.82) is 0 Å². The summed E-state index contributed by atoms with van der Waals surface area (Å²) in [5.41, 5.74) is 0.707. The monoisotopic (exact) mass is 254 g/mol. The van der Waals surface area contributed by atoms with E-state index in [-0.39, 0.29) is 12.3 Å². The first kappa shape index (κ1) is 14.7. The van der Waals surface area contributed by atoms with Gasteiger partial charge in [-0.1, -0.05) is 5.16 Å². The Kier molecular flexibility index (Phi) is 4.51. The third kappa shape index (κ3) is 3.84. The van der Waals surface area contributed by atoms with E-state index in [0.717, 1.165) is 11.3 Å². The van der Waals surface area contributed by atoms with Gasteiger partial charge in [0.25, 0.3) is 0 Å². The number of aromatic nitrogens is 1. The molecule has 0 radical (unpaired) electrons. The van der Waals surface area contributed by atoms with Crippen LogP contribution >= 0.6 is 0 Å². The fraction of sp³-hybridized carbons (Fsp3) is 0.692. The average Bonchev–Trinajstić information content (AvgIpc) is 2.56. The smallest absolute Gasteiger partial charge is 0.227 e. The lowest BCUT2D eigenvalue weighted by molar-refractivity contribution is -0.133. The van der Waals surface area contributed by atoms with Crippen molar-refractivity contribution in [3.8, 4) is 0 Å². The Morgan fingerprint density at radius 2 is 2.06 bits per heavy atom. The van der Waals surface area contributed by atoms with Crippen molar-refractivity contribution in [2.24, 2.45) is 0 Å². The van der Waals surface area contributed by atoms with Crippen molar-refractivity contribution in [2.75, 3.05) is 13.1 Å². The van der Waals surface area contributed by atoms with E-state index in [9.17, 15) is 9.90 Å². The van der Waals surface area contributed by atoms with Crippen LogP contribution in [0.4, 0.5) is 0 Å². The topological polar surface area (TPSA) is 66.6 Å². The minimum absolute atomic E-state index is 0.0194. The van der Waals surface area contributed by atoms with Crippen LogP contribution in [0.25, 0.3) is 0 Å². The van der Waals surface area contributed by atoms with Gasteiger partial charge in [0.1, 0.15) is 5.76 Å². The molecular formula is C13H22N2O3. The van der Waals surface area contributed by atoms with Gasteiger partial charge in [0.15, 0.2) is 0 Å². The molecule has 0 aliphatic heterocycles. The van der Waals surface area contributed by atoms with Gasteiger partial charge in [-0.3, -0.25) is 4.79 Å². The zero-order valence-corrected chi connectivity index (χ0v) is 11.8. The molecule has 0 saturated carbocycles. The van der Waals surface area contributed by atoms with E-state index in [1.54, 1.807) is 25.7 Å². The second-order valence-electron chi connectivity index (χ2n) is 5.20. The first-order chi connectivity index (χ1) is 8.24. The number of carbonyl (C=O) groups excluding carboxylic acids is 1. The van der Waals surface area contributed by atoms with E-state index in [4.69, 9.17) is 4.52 Å². The Labute approximate surface area is 108 Å². The number of aliphatic hydroxyl groups is 1. The number of aryl methyl sites for hydroxylation is 2. The molecule has 5 nitrogen and oxygen atoms in total. The van der Waals surface area contributed by atoms with Crippen LogP contribution in [0.1, 0.15) is 37.8 Å². The molecule has 0 aliphatic carbocycles. The quantitative estimate of drug-likeness (QED) is 0.863. The molecule has 1 heterocycles. The first-order valence-corrected chi connectivity index (χ1v) is 6.16. The van der Waals surface area contributed by atoms with Crippen molar-refractivity contribution < 1.29 is 14.4 Å². The van der Waals surface area contributed by atoms with Gasteiger partial charge in [-0.25, -0.2) is 0 Å². The Balaban J connectivity index is 2.75. The molecule has 0 spiro atoms. The second-order valence-corrected chi connectivity index (χ2v) is 5.20. The summed E-state index contributed by atoms with van der Waals surface area (Å²) < 4.78 is 5.04. The Bertz CT molecular complexity index is 399. The molecule has 5 heteroatoms. The largest absolute Gasteiger partial charge is 0.389 e. The van der Waals surface area contributed by atoms with Crippen molar-refractivity contribution in [3.63, 3.8) is 0 Å². The predicted octanol–water partition coefficient (Wildman–Crippen LogP) is 1.45. The normalized spacial score (nSPS) is 11.7. The average molecular weight is 254 g/mol. The lowest BCUT2D eigenvalue weighted by atomic mass is 10.1. The minimum Gasteiger partial charge on any atom is -0.389 e. The third-order valence-electron chi connectivity index (χ3n) is 2.82.